The molecule has 80 valence electrons. The minimum absolute atomic E-state index is 0.413. The van der Waals surface area contributed by atoms with Crippen LogP contribution in [0.2, 0.25) is 0 Å². The molecule has 1 heteroatoms. The van der Waals surface area contributed by atoms with Crippen LogP contribution in [0.15, 0.2) is 0 Å². The molecule has 0 aromatic carbocycles. The van der Waals surface area contributed by atoms with Crippen LogP contribution in [0.5, 0.6) is 0 Å². The van der Waals surface area contributed by atoms with Gasteiger partial charge < -0.3 is 5.11 Å². The predicted octanol–water partition coefficient (Wildman–Crippen LogP) is 2.83. The zero-order chi connectivity index (χ0) is 9.76. The molecule has 4 aliphatic carbocycles. The van der Waals surface area contributed by atoms with E-state index in [0.29, 0.717) is 12.0 Å². The van der Waals surface area contributed by atoms with E-state index in [2.05, 4.69) is 6.92 Å². The van der Waals surface area contributed by atoms with Crippen LogP contribution in [0.1, 0.15) is 45.4 Å². The standard InChI is InChI=1S/C13H22O/c1-9-12-5-10-4-11(6-12)8-13(9,7-10)2-3-14/h9-12,14H,2-8H2,1H3. The summed E-state index contributed by atoms with van der Waals surface area (Å²) in [5, 5.41) is 9.24. The topological polar surface area (TPSA) is 20.2 Å². The zero-order valence-electron chi connectivity index (χ0n) is 9.21. The van der Waals surface area contributed by atoms with Gasteiger partial charge in [0.25, 0.3) is 0 Å². The van der Waals surface area contributed by atoms with Crippen molar-refractivity contribution in [3.8, 4) is 0 Å². The van der Waals surface area contributed by atoms with Crippen molar-refractivity contribution in [1.82, 2.24) is 0 Å². The second-order valence-electron chi connectivity index (χ2n) is 6.23. The molecule has 0 aromatic rings. The van der Waals surface area contributed by atoms with E-state index in [1.165, 1.54) is 32.1 Å². The fourth-order valence-electron chi connectivity index (χ4n) is 5.12. The van der Waals surface area contributed by atoms with Crippen molar-refractivity contribution in [3.05, 3.63) is 0 Å². The molecule has 0 aliphatic heterocycles. The maximum absolute atomic E-state index is 9.24. The lowest BCUT2D eigenvalue weighted by atomic mass is 9.45. The summed E-state index contributed by atoms with van der Waals surface area (Å²) < 4.78 is 0. The molecule has 0 amide bonds. The van der Waals surface area contributed by atoms with E-state index < -0.39 is 0 Å². The molecule has 1 nitrogen and oxygen atoms in total. The lowest BCUT2D eigenvalue weighted by Gasteiger charge is -2.60. The molecule has 3 unspecified atom stereocenters. The van der Waals surface area contributed by atoms with Crippen LogP contribution in [0, 0.1) is 29.1 Å². The van der Waals surface area contributed by atoms with Crippen molar-refractivity contribution < 1.29 is 5.11 Å². The molecule has 0 saturated heterocycles. The van der Waals surface area contributed by atoms with Crippen molar-refractivity contribution in [2.24, 2.45) is 29.1 Å². The first-order valence-electron chi connectivity index (χ1n) is 6.34. The van der Waals surface area contributed by atoms with Gasteiger partial charge in [0.15, 0.2) is 0 Å². The van der Waals surface area contributed by atoms with E-state index in [9.17, 15) is 5.11 Å². The Morgan fingerprint density at radius 3 is 2.36 bits per heavy atom. The highest BCUT2D eigenvalue weighted by Crippen LogP contribution is 2.63. The molecule has 0 heterocycles. The molecule has 14 heavy (non-hydrogen) atoms. The van der Waals surface area contributed by atoms with Crippen LogP contribution in [0.3, 0.4) is 0 Å². The number of aliphatic hydroxyl groups is 1. The van der Waals surface area contributed by atoms with E-state index in [0.717, 1.165) is 30.1 Å². The van der Waals surface area contributed by atoms with E-state index in [1.807, 2.05) is 0 Å². The normalized spacial score (nSPS) is 55.3. The number of rotatable bonds is 2. The summed E-state index contributed by atoms with van der Waals surface area (Å²) >= 11 is 0. The number of aliphatic hydroxyl groups excluding tert-OH is 1. The molecule has 4 bridgehead atoms. The van der Waals surface area contributed by atoms with Gasteiger partial charge in [-0.05, 0) is 67.6 Å². The molecule has 4 rings (SSSR count). The van der Waals surface area contributed by atoms with E-state index in [1.54, 1.807) is 0 Å². The predicted molar refractivity (Wildman–Crippen MR) is 56.9 cm³/mol. The summed E-state index contributed by atoms with van der Waals surface area (Å²) in [5.41, 5.74) is 0.559. The highest BCUT2D eigenvalue weighted by molar-refractivity contribution is 5.04. The third-order valence-electron chi connectivity index (χ3n) is 5.61. The quantitative estimate of drug-likeness (QED) is 0.716. The molecule has 4 fully saturated rings. The fraction of sp³-hybridized carbons (Fsp3) is 1.00. The van der Waals surface area contributed by atoms with Gasteiger partial charge in [-0.1, -0.05) is 6.92 Å². The molecule has 0 radical (unpaired) electrons. The molecule has 0 spiro atoms. The Morgan fingerprint density at radius 1 is 1.14 bits per heavy atom. The Labute approximate surface area is 86.9 Å². The third kappa shape index (κ3) is 1.11. The highest BCUT2D eigenvalue weighted by atomic mass is 16.3. The SMILES string of the molecule is CC1C2CC3CC(C2)CC1(CCO)C3. The molecular formula is C13H22O. The lowest BCUT2D eigenvalue weighted by Crippen LogP contribution is -2.51. The molecule has 1 N–H and O–H groups in total. The maximum Gasteiger partial charge on any atom is 0.0436 e. The fourth-order valence-corrected chi connectivity index (χ4v) is 5.12. The summed E-state index contributed by atoms with van der Waals surface area (Å²) in [6.45, 7) is 2.87. The Kier molecular flexibility index (Phi) is 1.96. The van der Waals surface area contributed by atoms with Gasteiger partial charge in [-0.2, -0.15) is 0 Å². The van der Waals surface area contributed by atoms with Crippen LogP contribution in [0.25, 0.3) is 0 Å². The first-order chi connectivity index (χ1) is 6.73. The van der Waals surface area contributed by atoms with Crippen LogP contribution in [0.4, 0.5) is 0 Å². The monoisotopic (exact) mass is 194 g/mol. The Balaban J connectivity index is 1.89. The lowest BCUT2D eigenvalue weighted by molar-refractivity contribution is -0.111. The van der Waals surface area contributed by atoms with Crippen LogP contribution in [-0.4, -0.2) is 11.7 Å². The minimum atomic E-state index is 0.413. The second-order valence-corrected chi connectivity index (χ2v) is 6.23. The first kappa shape index (κ1) is 9.21. The average Bonchev–Trinajstić information content (AvgIpc) is 2.13. The van der Waals surface area contributed by atoms with Crippen molar-refractivity contribution in [3.63, 3.8) is 0 Å². The molecule has 4 saturated carbocycles. The third-order valence-corrected chi connectivity index (χ3v) is 5.61. The van der Waals surface area contributed by atoms with Gasteiger partial charge in [-0.25, -0.2) is 0 Å². The van der Waals surface area contributed by atoms with Crippen molar-refractivity contribution >= 4 is 0 Å². The molecule has 0 aromatic heterocycles. The van der Waals surface area contributed by atoms with Gasteiger partial charge in [-0.15, -0.1) is 0 Å². The largest absolute Gasteiger partial charge is 0.396 e. The summed E-state index contributed by atoms with van der Waals surface area (Å²) in [5.74, 6) is 3.95. The van der Waals surface area contributed by atoms with Gasteiger partial charge in [0.1, 0.15) is 0 Å². The molecule has 3 atom stereocenters. The van der Waals surface area contributed by atoms with Gasteiger partial charge in [0.05, 0.1) is 0 Å². The zero-order valence-corrected chi connectivity index (χ0v) is 9.21. The van der Waals surface area contributed by atoms with Crippen molar-refractivity contribution in [1.29, 1.82) is 0 Å². The Hall–Kier alpha value is -0.0400. The summed E-state index contributed by atoms with van der Waals surface area (Å²) in [4.78, 5) is 0. The smallest absolute Gasteiger partial charge is 0.0436 e. The van der Waals surface area contributed by atoms with Gasteiger partial charge >= 0.3 is 0 Å². The second kappa shape index (κ2) is 2.98. The summed E-state index contributed by atoms with van der Waals surface area (Å²) in [7, 11) is 0. The van der Waals surface area contributed by atoms with Crippen LogP contribution >= 0.6 is 0 Å². The van der Waals surface area contributed by atoms with Crippen molar-refractivity contribution in [2.75, 3.05) is 6.61 Å². The van der Waals surface area contributed by atoms with Crippen LogP contribution < -0.4 is 0 Å². The van der Waals surface area contributed by atoms with Gasteiger partial charge in [0.2, 0.25) is 0 Å². The summed E-state index contributed by atoms with van der Waals surface area (Å²) in [6, 6.07) is 0. The number of hydrogen-bond donors (Lipinski definition) is 1. The highest BCUT2D eigenvalue weighted by Gasteiger charge is 2.54. The van der Waals surface area contributed by atoms with E-state index in [-0.39, 0.29) is 0 Å². The molecule has 4 aliphatic rings. The minimum Gasteiger partial charge on any atom is -0.396 e. The average molecular weight is 194 g/mol. The van der Waals surface area contributed by atoms with Crippen molar-refractivity contribution in [2.45, 2.75) is 45.4 Å². The number of hydrogen-bond acceptors (Lipinski definition) is 1. The molecular weight excluding hydrogens is 172 g/mol. The van der Waals surface area contributed by atoms with Gasteiger partial charge in [-0.3, -0.25) is 0 Å². The maximum atomic E-state index is 9.24. The Morgan fingerprint density at radius 2 is 1.79 bits per heavy atom. The van der Waals surface area contributed by atoms with E-state index >= 15 is 0 Å². The van der Waals surface area contributed by atoms with Crippen LogP contribution in [-0.2, 0) is 0 Å². The first-order valence-corrected chi connectivity index (χ1v) is 6.34. The van der Waals surface area contributed by atoms with E-state index in [4.69, 9.17) is 0 Å². The van der Waals surface area contributed by atoms with Gasteiger partial charge in [0, 0.05) is 6.61 Å². The Bertz CT molecular complexity index is 221. The summed E-state index contributed by atoms with van der Waals surface area (Å²) in [6.07, 6.45) is 8.47.